The number of rotatable bonds is 8. The maximum absolute atomic E-state index is 12.1. The SMILES string of the molecule is CCc1ccc(-c2csc(NC(=O)CSCC(=O)Nc3cc(C)on3)n2)cc1. The Morgan fingerprint density at radius 3 is 2.50 bits per heavy atom. The van der Waals surface area contributed by atoms with Crippen LogP contribution in [0.2, 0.25) is 0 Å². The van der Waals surface area contributed by atoms with Crippen molar-refractivity contribution in [2.75, 3.05) is 22.1 Å². The fraction of sp³-hybridized carbons (Fsp3) is 0.263. The molecule has 1 aromatic carbocycles. The fourth-order valence-corrected chi connectivity index (χ4v) is 3.72. The first-order valence-electron chi connectivity index (χ1n) is 8.69. The summed E-state index contributed by atoms with van der Waals surface area (Å²) >= 11 is 2.59. The van der Waals surface area contributed by atoms with Gasteiger partial charge in [0.2, 0.25) is 11.8 Å². The summed E-state index contributed by atoms with van der Waals surface area (Å²) in [6, 6.07) is 9.85. The second-order valence-electron chi connectivity index (χ2n) is 6.00. The summed E-state index contributed by atoms with van der Waals surface area (Å²) in [7, 11) is 0. The summed E-state index contributed by atoms with van der Waals surface area (Å²) in [5.41, 5.74) is 3.12. The summed E-state index contributed by atoms with van der Waals surface area (Å²) in [4.78, 5) is 28.3. The van der Waals surface area contributed by atoms with Crippen molar-refractivity contribution in [1.82, 2.24) is 10.1 Å². The van der Waals surface area contributed by atoms with Gasteiger partial charge in [0.1, 0.15) is 5.76 Å². The van der Waals surface area contributed by atoms with E-state index in [1.165, 1.54) is 28.7 Å². The number of aromatic nitrogens is 2. The molecule has 0 fully saturated rings. The van der Waals surface area contributed by atoms with Crippen LogP contribution in [-0.2, 0) is 16.0 Å². The van der Waals surface area contributed by atoms with Crippen molar-refractivity contribution in [2.45, 2.75) is 20.3 Å². The van der Waals surface area contributed by atoms with E-state index in [0.717, 1.165) is 17.7 Å². The maximum Gasteiger partial charge on any atom is 0.236 e. The van der Waals surface area contributed by atoms with Crippen molar-refractivity contribution >= 4 is 45.9 Å². The fourth-order valence-electron chi connectivity index (χ4n) is 2.37. The van der Waals surface area contributed by atoms with Crippen molar-refractivity contribution in [3.63, 3.8) is 0 Å². The zero-order valence-corrected chi connectivity index (χ0v) is 17.2. The van der Waals surface area contributed by atoms with Crippen LogP contribution in [0.5, 0.6) is 0 Å². The predicted octanol–water partition coefficient (Wildman–Crippen LogP) is 3.98. The third-order valence-corrected chi connectivity index (χ3v) is 5.46. The molecule has 0 saturated carbocycles. The molecular formula is C19H20N4O3S2. The van der Waals surface area contributed by atoms with Gasteiger partial charge in [0.05, 0.1) is 17.2 Å². The van der Waals surface area contributed by atoms with Gasteiger partial charge < -0.3 is 15.2 Å². The normalized spacial score (nSPS) is 10.6. The van der Waals surface area contributed by atoms with Gasteiger partial charge in [0.25, 0.3) is 0 Å². The van der Waals surface area contributed by atoms with Crippen LogP contribution < -0.4 is 10.6 Å². The van der Waals surface area contributed by atoms with E-state index in [9.17, 15) is 9.59 Å². The number of nitrogens with one attached hydrogen (secondary N) is 2. The number of carbonyl (C=O) groups excluding carboxylic acids is 2. The molecule has 0 radical (unpaired) electrons. The Hall–Kier alpha value is -2.65. The standard InChI is InChI=1S/C19H20N4O3S2/c1-3-13-4-6-14(7-5-13)15-9-28-19(20-15)22-18(25)11-27-10-17(24)21-16-8-12(2)26-23-16/h4-9H,3,10-11H2,1-2H3,(H,20,22,25)(H,21,23,24). The molecule has 2 N–H and O–H groups in total. The van der Waals surface area contributed by atoms with Crippen LogP contribution in [0.4, 0.5) is 10.9 Å². The molecule has 3 aromatic rings. The molecule has 0 aliphatic heterocycles. The number of amides is 2. The predicted molar refractivity (Wildman–Crippen MR) is 113 cm³/mol. The van der Waals surface area contributed by atoms with E-state index >= 15 is 0 Å². The Kier molecular flexibility index (Phi) is 6.83. The minimum Gasteiger partial charge on any atom is -0.360 e. The highest BCUT2D eigenvalue weighted by Crippen LogP contribution is 2.25. The van der Waals surface area contributed by atoms with Gasteiger partial charge in [-0.3, -0.25) is 9.59 Å². The van der Waals surface area contributed by atoms with Gasteiger partial charge in [-0.1, -0.05) is 36.3 Å². The van der Waals surface area contributed by atoms with Crippen LogP contribution in [0.3, 0.4) is 0 Å². The second kappa shape index (κ2) is 9.52. The Balaban J connectivity index is 1.43. The van der Waals surface area contributed by atoms with Gasteiger partial charge in [0, 0.05) is 17.0 Å². The third kappa shape index (κ3) is 5.67. The Morgan fingerprint density at radius 1 is 1.14 bits per heavy atom. The Morgan fingerprint density at radius 2 is 1.86 bits per heavy atom. The average Bonchev–Trinajstić information content (AvgIpc) is 3.30. The quantitative estimate of drug-likeness (QED) is 0.576. The second-order valence-corrected chi connectivity index (χ2v) is 7.84. The lowest BCUT2D eigenvalue weighted by molar-refractivity contribution is -0.114. The lowest BCUT2D eigenvalue weighted by Gasteiger charge is -2.03. The van der Waals surface area contributed by atoms with Gasteiger partial charge in [-0.25, -0.2) is 4.98 Å². The van der Waals surface area contributed by atoms with Gasteiger partial charge in [0.15, 0.2) is 10.9 Å². The monoisotopic (exact) mass is 416 g/mol. The Labute approximate surface area is 170 Å². The molecule has 0 saturated heterocycles. The summed E-state index contributed by atoms with van der Waals surface area (Å²) < 4.78 is 4.88. The van der Waals surface area contributed by atoms with Crippen molar-refractivity contribution in [2.24, 2.45) is 0 Å². The van der Waals surface area contributed by atoms with E-state index < -0.39 is 0 Å². The number of carbonyl (C=O) groups is 2. The van der Waals surface area contributed by atoms with E-state index in [1.54, 1.807) is 13.0 Å². The number of anilines is 2. The Bertz CT molecular complexity index is 950. The van der Waals surface area contributed by atoms with E-state index in [4.69, 9.17) is 4.52 Å². The van der Waals surface area contributed by atoms with Gasteiger partial charge in [-0.15, -0.1) is 23.1 Å². The molecule has 7 nitrogen and oxygen atoms in total. The molecule has 3 rings (SSSR count). The summed E-state index contributed by atoms with van der Waals surface area (Å²) in [6.07, 6.45) is 0.993. The minimum absolute atomic E-state index is 0.145. The molecule has 28 heavy (non-hydrogen) atoms. The zero-order chi connectivity index (χ0) is 19.9. The lowest BCUT2D eigenvalue weighted by Crippen LogP contribution is -2.18. The molecule has 0 bridgehead atoms. The number of thioether (sulfide) groups is 1. The molecule has 0 unspecified atom stereocenters. The first kappa shape index (κ1) is 20.1. The number of nitrogens with zero attached hydrogens (tertiary/aromatic N) is 2. The summed E-state index contributed by atoms with van der Waals surface area (Å²) in [5.74, 6) is 0.856. The number of hydrogen-bond acceptors (Lipinski definition) is 7. The lowest BCUT2D eigenvalue weighted by atomic mass is 10.1. The highest BCUT2D eigenvalue weighted by molar-refractivity contribution is 8.00. The van der Waals surface area contributed by atoms with Crippen molar-refractivity contribution in [3.05, 3.63) is 47.0 Å². The zero-order valence-electron chi connectivity index (χ0n) is 15.5. The first-order valence-corrected chi connectivity index (χ1v) is 10.7. The molecular weight excluding hydrogens is 396 g/mol. The molecule has 0 aliphatic carbocycles. The molecule has 2 heterocycles. The average molecular weight is 417 g/mol. The van der Waals surface area contributed by atoms with Gasteiger partial charge in [-0.2, -0.15) is 0 Å². The molecule has 146 valence electrons. The first-order chi connectivity index (χ1) is 13.5. The van der Waals surface area contributed by atoms with Gasteiger partial charge in [-0.05, 0) is 18.9 Å². The summed E-state index contributed by atoms with van der Waals surface area (Å²) in [5, 5.41) is 11.5. The molecule has 0 atom stereocenters. The number of hydrogen-bond donors (Lipinski definition) is 2. The van der Waals surface area contributed by atoms with E-state index in [-0.39, 0.29) is 23.3 Å². The highest BCUT2D eigenvalue weighted by atomic mass is 32.2. The molecule has 2 amide bonds. The largest absolute Gasteiger partial charge is 0.360 e. The molecule has 2 aromatic heterocycles. The van der Waals surface area contributed by atoms with Crippen molar-refractivity contribution < 1.29 is 14.1 Å². The van der Waals surface area contributed by atoms with Crippen LogP contribution in [0, 0.1) is 6.92 Å². The van der Waals surface area contributed by atoms with Crippen molar-refractivity contribution in [1.29, 1.82) is 0 Å². The van der Waals surface area contributed by atoms with Crippen LogP contribution >= 0.6 is 23.1 Å². The van der Waals surface area contributed by atoms with E-state index in [2.05, 4.69) is 39.8 Å². The molecule has 9 heteroatoms. The number of aryl methyl sites for hydroxylation is 2. The molecule has 0 aliphatic rings. The van der Waals surface area contributed by atoms with Gasteiger partial charge >= 0.3 is 0 Å². The maximum atomic E-state index is 12.1. The van der Waals surface area contributed by atoms with Crippen LogP contribution in [0.1, 0.15) is 18.2 Å². The van der Waals surface area contributed by atoms with Crippen LogP contribution in [0.25, 0.3) is 11.3 Å². The van der Waals surface area contributed by atoms with E-state index in [0.29, 0.717) is 16.7 Å². The highest BCUT2D eigenvalue weighted by Gasteiger charge is 2.11. The third-order valence-electron chi connectivity index (χ3n) is 3.77. The van der Waals surface area contributed by atoms with Crippen LogP contribution in [-0.4, -0.2) is 33.5 Å². The van der Waals surface area contributed by atoms with Crippen LogP contribution in [0.15, 0.2) is 40.2 Å². The minimum atomic E-state index is -0.238. The number of benzene rings is 1. The van der Waals surface area contributed by atoms with E-state index in [1.807, 2.05) is 17.5 Å². The number of thiazole rings is 1. The van der Waals surface area contributed by atoms with Crippen molar-refractivity contribution in [3.8, 4) is 11.3 Å². The summed E-state index contributed by atoms with van der Waals surface area (Å²) in [6.45, 7) is 3.86. The molecule has 0 spiro atoms. The topological polar surface area (TPSA) is 97.1 Å². The smallest absolute Gasteiger partial charge is 0.236 e.